The molecule has 0 bridgehead atoms. The number of hydrogen-bond acceptors (Lipinski definition) is 1. The van der Waals surface area contributed by atoms with E-state index in [0.29, 0.717) is 18.1 Å². The van der Waals surface area contributed by atoms with E-state index in [1.54, 1.807) is 0 Å². The Labute approximate surface area is 112 Å². The average Bonchev–Trinajstić information content (AvgIpc) is 2.38. The molecule has 18 heavy (non-hydrogen) atoms. The highest BCUT2D eigenvalue weighted by atomic mass is 16.1. The second kappa shape index (κ2) is 8.07. The van der Waals surface area contributed by atoms with E-state index >= 15 is 0 Å². The van der Waals surface area contributed by atoms with Gasteiger partial charge in [-0.3, -0.25) is 4.79 Å². The molecule has 0 aliphatic rings. The third-order valence-corrected chi connectivity index (χ3v) is 3.64. The van der Waals surface area contributed by atoms with Gasteiger partial charge in [0.05, 0.1) is 0 Å². The Hall–Kier alpha value is -1.11. The number of benzene rings is 1. The van der Waals surface area contributed by atoms with Gasteiger partial charge in [0.25, 0.3) is 0 Å². The lowest BCUT2D eigenvalue weighted by Gasteiger charge is -2.13. The second-order valence-corrected chi connectivity index (χ2v) is 5.26. The maximum atomic E-state index is 12.2. The molecule has 0 aromatic heterocycles. The topological polar surface area (TPSA) is 17.1 Å². The quantitative estimate of drug-likeness (QED) is 0.456. The Morgan fingerprint density at radius 3 is 2.33 bits per heavy atom. The molecule has 1 atom stereocenters. The fourth-order valence-corrected chi connectivity index (χ4v) is 2.25. The van der Waals surface area contributed by atoms with Gasteiger partial charge in [0, 0.05) is 12.0 Å². The monoisotopic (exact) mass is 246 g/mol. The molecule has 0 saturated heterocycles. The summed E-state index contributed by atoms with van der Waals surface area (Å²) in [4.78, 5) is 12.2. The minimum atomic E-state index is 0.304. The van der Waals surface area contributed by atoms with Crippen molar-refractivity contribution in [3.63, 3.8) is 0 Å². The lowest BCUT2D eigenvalue weighted by atomic mass is 9.91. The normalized spacial score (nSPS) is 12.4. The van der Waals surface area contributed by atoms with E-state index in [4.69, 9.17) is 0 Å². The molecule has 1 aromatic carbocycles. The summed E-state index contributed by atoms with van der Waals surface area (Å²) in [6, 6.07) is 7.95. The minimum absolute atomic E-state index is 0.304. The molecule has 0 aliphatic heterocycles. The highest BCUT2D eigenvalue weighted by molar-refractivity contribution is 5.96. The van der Waals surface area contributed by atoms with Gasteiger partial charge in [0.15, 0.2) is 5.78 Å². The molecule has 0 fully saturated rings. The van der Waals surface area contributed by atoms with Crippen LogP contribution in [0.4, 0.5) is 0 Å². The van der Waals surface area contributed by atoms with Crippen molar-refractivity contribution in [2.75, 3.05) is 0 Å². The molecule has 0 N–H and O–H groups in total. The zero-order valence-corrected chi connectivity index (χ0v) is 12.0. The van der Waals surface area contributed by atoms with E-state index < -0.39 is 0 Å². The molecular weight excluding hydrogens is 220 g/mol. The first kappa shape index (κ1) is 14.9. The molecule has 0 radical (unpaired) electrons. The molecular formula is C17H26O. The Morgan fingerprint density at radius 2 is 1.78 bits per heavy atom. The summed E-state index contributed by atoms with van der Waals surface area (Å²) in [5.74, 6) is 0.865. The van der Waals surface area contributed by atoms with Crippen LogP contribution >= 0.6 is 0 Å². The van der Waals surface area contributed by atoms with Gasteiger partial charge < -0.3 is 0 Å². The molecule has 0 spiro atoms. The van der Waals surface area contributed by atoms with E-state index in [-0.39, 0.29) is 0 Å². The van der Waals surface area contributed by atoms with E-state index in [0.717, 1.165) is 12.0 Å². The van der Waals surface area contributed by atoms with E-state index in [2.05, 4.69) is 13.8 Å². The van der Waals surface area contributed by atoms with E-state index in [1.165, 1.54) is 31.2 Å². The van der Waals surface area contributed by atoms with Gasteiger partial charge in [-0.25, -0.2) is 0 Å². The lowest BCUT2D eigenvalue weighted by molar-refractivity contribution is 0.0957. The van der Waals surface area contributed by atoms with Crippen LogP contribution in [-0.4, -0.2) is 5.78 Å². The van der Waals surface area contributed by atoms with Gasteiger partial charge in [0.2, 0.25) is 0 Å². The predicted octanol–water partition coefficient (Wildman–Crippen LogP) is 5.17. The summed E-state index contributed by atoms with van der Waals surface area (Å²) in [7, 11) is 0. The number of carbonyl (C=O) groups is 1. The molecule has 0 heterocycles. The molecule has 1 nitrogen and oxygen atoms in total. The lowest BCUT2D eigenvalue weighted by Crippen LogP contribution is -2.08. The summed E-state index contributed by atoms with van der Waals surface area (Å²) in [6.45, 7) is 6.46. The molecule has 0 saturated carbocycles. The fourth-order valence-electron chi connectivity index (χ4n) is 2.25. The van der Waals surface area contributed by atoms with Crippen LogP contribution < -0.4 is 0 Å². The number of aryl methyl sites for hydroxylation is 1. The second-order valence-electron chi connectivity index (χ2n) is 5.26. The third-order valence-electron chi connectivity index (χ3n) is 3.64. The maximum Gasteiger partial charge on any atom is 0.163 e. The number of Topliss-reactive ketones (excluding diaryl/α,β-unsaturated/α-hetero) is 1. The smallest absolute Gasteiger partial charge is 0.163 e. The minimum Gasteiger partial charge on any atom is -0.294 e. The van der Waals surface area contributed by atoms with Crippen LogP contribution in [0, 0.1) is 12.8 Å². The van der Waals surface area contributed by atoms with Gasteiger partial charge in [-0.1, -0.05) is 75.8 Å². The predicted molar refractivity (Wildman–Crippen MR) is 78.0 cm³/mol. The Balaban J connectivity index is 2.48. The molecule has 1 unspecified atom stereocenters. The van der Waals surface area contributed by atoms with Crippen molar-refractivity contribution in [3.8, 4) is 0 Å². The molecule has 1 heteroatoms. The summed E-state index contributed by atoms with van der Waals surface area (Å²) < 4.78 is 0. The van der Waals surface area contributed by atoms with Crippen molar-refractivity contribution in [1.82, 2.24) is 0 Å². The first-order valence-electron chi connectivity index (χ1n) is 7.27. The summed E-state index contributed by atoms with van der Waals surface area (Å²) in [5, 5.41) is 0. The first-order valence-corrected chi connectivity index (χ1v) is 7.27. The summed E-state index contributed by atoms with van der Waals surface area (Å²) in [6.07, 6.45) is 6.82. The third kappa shape index (κ3) is 5.03. The van der Waals surface area contributed by atoms with Crippen LogP contribution in [0.5, 0.6) is 0 Å². The first-order chi connectivity index (χ1) is 8.67. The van der Waals surface area contributed by atoms with Crippen molar-refractivity contribution in [3.05, 3.63) is 35.4 Å². The fraction of sp³-hybridized carbons (Fsp3) is 0.588. The SMILES string of the molecule is CCCCCC(CC)CC(=O)c1ccc(C)cc1. The number of carbonyl (C=O) groups excluding carboxylic acids is 1. The average molecular weight is 246 g/mol. The number of rotatable bonds is 8. The molecule has 0 aliphatic carbocycles. The number of ketones is 1. The molecule has 1 rings (SSSR count). The highest BCUT2D eigenvalue weighted by Gasteiger charge is 2.13. The van der Waals surface area contributed by atoms with Gasteiger partial charge in [-0.2, -0.15) is 0 Å². The Bertz CT molecular complexity index is 350. The zero-order chi connectivity index (χ0) is 13.4. The molecule has 100 valence electrons. The Morgan fingerprint density at radius 1 is 1.11 bits per heavy atom. The van der Waals surface area contributed by atoms with Crippen LogP contribution in [0.2, 0.25) is 0 Å². The van der Waals surface area contributed by atoms with Gasteiger partial charge >= 0.3 is 0 Å². The van der Waals surface area contributed by atoms with Crippen LogP contribution in [0.15, 0.2) is 24.3 Å². The van der Waals surface area contributed by atoms with Crippen molar-refractivity contribution >= 4 is 5.78 Å². The maximum absolute atomic E-state index is 12.2. The summed E-state index contributed by atoms with van der Waals surface area (Å²) >= 11 is 0. The van der Waals surface area contributed by atoms with Crippen molar-refractivity contribution < 1.29 is 4.79 Å². The highest BCUT2D eigenvalue weighted by Crippen LogP contribution is 2.20. The number of hydrogen-bond donors (Lipinski definition) is 0. The van der Waals surface area contributed by atoms with Crippen LogP contribution in [-0.2, 0) is 0 Å². The summed E-state index contributed by atoms with van der Waals surface area (Å²) in [5.41, 5.74) is 2.08. The van der Waals surface area contributed by atoms with Crippen LogP contribution in [0.3, 0.4) is 0 Å². The van der Waals surface area contributed by atoms with Gasteiger partial charge in [-0.05, 0) is 12.8 Å². The Kier molecular flexibility index (Phi) is 6.70. The largest absolute Gasteiger partial charge is 0.294 e. The van der Waals surface area contributed by atoms with Gasteiger partial charge in [-0.15, -0.1) is 0 Å². The standard InChI is InChI=1S/C17H26O/c1-4-6-7-8-15(5-2)13-17(18)16-11-9-14(3)10-12-16/h9-12,15H,4-8,13H2,1-3H3. The van der Waals surface area contributed by atoms with E-state index in [1.807, 2.05) is 31.2 Å². The van der Waals surface area contributed by atoms with Crippen molar-refractivity contribution in [1.29, 1.82) is 0 Å². The van der Waals surface area contributed by atoms with Gasteiger partial charge in [0.1, 0.15) is 0 Å². The van der Waals surface area contributed by atoms with Crippen LogP contribution in [0.25, 0.3) is 0 Å². The van der Waals surface area contributed by atoms with E-state index in [9.17, 15) is 4.79 Å². The zero-order valence-electron chi connectivity index (χ0n) is 12.0. The van der Waals surface area contributed by atoms with Crippen molar-refractivity contribution in [2.45, 2.75) is 59.3 Å². The number of unbranched alkanes of at least 4 members (excludes halogenated alkanes) is 2. The van der Waals surface area contributed by atoms with Crippen molar-refractivity contribution in [2.24, 2.45) is 5.92 Å². The van der Waals surface area contributed by atoms with Crippen LogP contribution in [0.1, 0.15) is 68.3 Å². The molecule has 0 amide bonds. The molecule has 1 aromatic rings.